The fourth-order valence-electron chi connectivity index (χ4n) is 3.78. The van der Waals surface area contributed by atoms with Gasteiger partial charge in [-0.25, -0.2) is 4.79 Å². The summed E-state index contributed by atoms with van der Waals surface area (Å²) in [5, 5.41) is 13.4. The average molecular weight is 458 g/mol. The maximum atomic E-state index is 12.0. The van der Waals surface area contributed by atoms with E-state index < -0.39 is 0 Å². The van der Waals surface area contributed by atoms with Gasteiger partial charge >= 0.3 is 6.03 Å². The third kappa shape index (κ3) is 5.67. The van der Waals surface area contributed by atoms with Crippen LogP contribution in [0.3, 0.4) is 0 Å². The summed E-state index contributed by atoms with van der Waals surface area (Å²) in [5.41, 5.74) is 0. The minimum atomic E-state index is -0.0404. The fraction of sp³-hybridized carbons (Fsp3) is 0.684. The minimum absolute atomic E-state index is 0.0404. The molecule has 29 heavy (non-hydrogen) atoms. The van der Waals surface area contributed by atoms with Crippen LogP contribution in [0.15, 0.2) is 10.8 Å². The number of fused-ring (bicyclic) bond motifs is 2. The number of hydrogen-bond donors (Lipinski definition) is 3. The molecular weight excluding hydrogens is 430 g/mol. The number of unbranched alkanes of at least 4 members (excludes halogenated alkanes) is 1. The zero-order valence-electron chi connectivity index (χ0n) is 16.2. The largest absolute Gasteiger partial charge is 0.485 e. The lowest BCUT2D eigenvalue weighted by Crippen LogP contribution is -2.36. The smallest absolute Gasteiger partial charge is 0.315 e. The van der Waals surface area contributed by atoms with Gasteiger partial charge in [-0.3, -0.25) is 4.79 Å². The third-order valence-electron chi connectivity index (χ3n) is 5.26. The number of nitrogens with one attached hydrogen (secondary N) is 3. The molecule has 3 N–H and O–H groups in total. The molecule has 1 unspecified atom stereocenters. The van der Waals surface area contributed by atoms with Gasteiger partial charge in [-0.15, -0.1) is 11.3 Å². The Bertz CT molecular complexity index is 717. The van der Waals surface area contributed by atoms with E-state index in [1.165, 1.54) is 0 Å². The highest BCUT2D eigenvalue weighted by Gasteiger charge is 2.42. The molecule has 0 radical (unpaired) electrons. The number of ether oxygens (including phenoxy) is 2. The van der Waals surface area contributed by atoms with Gasteiger partial charge in [0.25, 0.3) is 0 Å². The molecule has 1 aromatic heterocycles. The van der Waals surface area contributed by atoms with E-state index in [9.17, 15) is 9.59 Å². The number of carbonyl (C=O) groups is 2. The van der Waals surface area contributed by atoms with Crippen molar-refractivity contribution in [1.29, 1.82) is 0 Å². The summed E-state index contributed by atoms with van der Waals surface area (Å²) in [4.78, 5) is 23.4. The van der Waals surface area contributed by atoms with Gasteiger partial charge in [0.1, 0.15) is 12.7 Å². The first-order valence-corrected chi connectivity index (χ1v) is 13.2. The van der Waals surface area contributed by atoms with Crippen molar-refractivity contribution < 1.29 is 19.1 Å². The van der Waals surface area contributed by atoms with Crippen LogP contribution < -0.4 is 25.4 Å². The number of hydrogen-bond acceptors (Lipinski definition) is 7. The van der Waals surface area contributed by atoms with E-state index in [2.05, 4.69) is 16.0 Å². The highest BCUT2D eigenvalue weighted by molar-refractivity contribution is 8.00. The first-order chi connectivity index (χ1) is 14.2. The molecule has 10 heteroatoms. The van der Waals surface area contributed by atoms with Crippen molar-refractivity contribution in [3.05, 3.63) is 10.8 Å². The second-order valence-corrected chi connectivity index (χ2v) is 10.6. The quantitative estimate of drug-likeness (QED) is 0.370. The molecule has 0 bridgehead atoms. The Labute approximate surface area is 183 Å². The van der Waals surface area contributed by atoms with E-state index in [4.69, 9.17) is 9.47 Å². The Morgan fingerprint density at radius 1 is 1.28 bits per heavy atom. The van der Waals surface area contributed by atoms with Gasteiger partial charge in [0, 0.05) is 46.2 Å². The zero-order chi connectivity index (χ0) is 20.1. The van der Waals surface area contributed by atoms with Crippen molar-refractivity contribution in [3.63, 3.8) is 0 Å². The lowest BCUT2D eigenvalue weighted by atomic mass is 10.0. The molecule has 3 aliphatic rings. The normalized spacial score (nSPS) is 27.2. The molecule has 160 valence electrons. The molecule has 0 spiro atoms. The third-order valence-corrected chi connectivity index (χ3v) is 8.57. The predicted molar refractivity (Wildman–Crippen MR) is 119 cm³/mol. The Morgan fingerprint density at radius 3 is 3.10 bits per heavy atom. The summed E-state index contributed by atoms with van der Waals surface area (Å²) in [5.74, 6) is 4.53. The number of thiophene rings is 1. The summed E-state index contributed by atoms with van der Waals surface area (Å²) in [7, 11) is 0. The molecule has 4 atom stereocenters. The molecule has 1 aromatic rings. The summed E-state index contributed by atoms with van der Waals surface area (Å²) < 4.78 is 11.6. The molecule has 7 nitrogen and oxygen atoms in total. The lowest BCUT2D eigenvalue weighted by molar-refractivity contribution is -0.121. The molecule has 4 rings (SSSR count). The Balaban J connectivity index is 1.00. The maximum absolute atomic E-state index is 12.0. The molecule has 3 amide bonds. The highest BCUT2D eigenvalue weighted by atomic mass is 32.2. The van der Waals surface area contributed by atoms with E-state index in [1.807, 2.05) is 22.5 Å². The van der Waals surface area contributed by atoms with Gasteiger partial charge < -0.3 is 25.4 Å². The van der Waals surface area contributed by atoms with Crippen LogP contribution in [-0.4, -0.2) is 65.8 Å². The van der Waals surface area contributed by atoms with Gasteiger partial charge in [0.2, 0.25) is 5.91 Å². The van der Waals surface area contributed by atoms with Crippen molar-refractivity contribution in [2.75, 3.05) is 30.4 Å². The van der Waals surface area contributed by atoms with Gasteiger partial charge in [-0.2, -0.15) is 23.5 Å². The van der Waals surface area contributed by atoms with Crippen LogP contribution >= 0.6 is 34.9 Å². The predicted octanol–water partition coefficient (Wildman–Crippen LogP) is 2.46. The number of urea groups is 1. The van der Waals surface area contributed by atoms with Crippen LogP contribution in [0.2, 0.25) is 0 Å². The zero-order valence-corrected chi connectivity index (χ0v) is 18.6. The highest BCUT2D eigenvalue weighted by Crippen LogP contribution is 2.36. The van der Waals surface area contributed by atoms with Crippen molar-refractivity contribution in [2.45, 2.75) is 49.1 Å². The number of thioether (sulfide) groups is 2. The number of amides is 3. The molecule has 0 aromatic carbocycles. The Morgan fingerprint density at radius 2 is 2.17 bits per heavy atom. The van der Waals surface area contributed by atoms with Crippen molar-refractivity contribution >= 4 is 46.8 Å². The van der Waals surface area contributed by atoms with E-state index >= 15 is 0 Å². The lowest BCUT2D eigenvalue weighted by Gasteiger charge is -2.24. The second-order valence-electron chi connectivity index (χ2n) is 7.44. The van der Waals surface area contributed by atoms with Gasteiger partial charge in [0.05, 0.1) is 12.1 Å². The van der Waals surface area contributed by atoms with Crippen molar-refractivity contribution in [2.24, 2.45) is 0 Å². The molecule has 2 saturated heterocycles. The molecule has 2 fully saturated rings. The summed E-state index contributed by atoms with van der Waals surface area (Å²) in [6.07, 6.45) is 3.60. The molecule has 0 aliphatic carbocycles. The number of rotatable bonds is 10. The van der Waals surface area contributed by atoms with Gasteiger partial charge in [-0.1, -0.05) is 6.42 Å². The topological polar surface area (TPSA) is 88.7 Å². The van der Waals surface area contributed by atoms with Crippen LogP contribution in [-0.2, 0) is 4.79 Å². The van der Waals surface area contributed by atoms with E-state index in [1.54, 1.807) is 23.1 Å². The first kappa shape index (κ1) is 21.0. The van der Waals surface area contributed by atoms with Crippen molar-refractivity contribution in [3.8, 4) is 11.5 Å². The van der Waals surface area contributed by atoms with E-state index in [0.29, 0.717) is 24.8 Å². The van der Waals surface area contributed by atoms with Gasteiger partial charge in [-0.05, 0) is 12.8 Å². The Kier molecular flexibility index (Phi) is 7.36. The molecule has 3 aliphatic heterocycles. The first-order valence-electron chi connectivity index (χ1n) is 10.1. The summed E-state index contributed by atoms with van der Waals surface area (Å²) >= 11 is 5.28. The Hall–Kier alpha value is -1.26. The average Bonchev–Trinajstić information content (AvgIpc) is 3.41. The summed E-state index contributed by atoms with van der Waals surface area (Å²) in [6.45, 7) is 1.27. The van der Waals surface area contributed by atoms with Gasteiger partial charge in [0.15, 0.2) is 11.5 Å². The second kappa shape index (κ2) is 10.2. The minimum Gasteiger partial charge on any atom is -0.485 e. The van der Waals surface area contributed by atoms with Crippen LogP contribution in [0, 0.1) is 0 Å². The molecule has 0 saturated carbocycles. The van der Waals surface area contributed by atoms with Crippen LogP contribution in [0.25, 0.3) is 0 Å². The SMILES string of the molecule is O=C(CCCC[C@@H]1SC[C@@H]2NC(=O)N[C@@H]21)NCCSCC1COc2cscc2O1. The van der Waals surface area contributed by atoms with Crippen LogP contribution in [0.5, 0.6) is 11.5 Å². The molecule has 4 heterocycles. The fourth-order valence-corrected chi connectivity index (χ4v) is 6.84. The van der Waals surface area contributed by atoms with Crippen molar-refractivity contribution in [1.82, 2.24) is 16.0 Å². The van der Waals surface area contributed by atoms with E-state index in [-0.39, 0.29) is 30.1 Å². The maximum Gasteiger partial charge on any atom is 0.315 e. The standard InChI is InChI=1S/C19H27N3O4S3/c23-17(4-2-1-3-16-18-13(9-29-16)21-19(24)22-18)20-5-6-27-8-12-7-25-14-10-28-11-15(14)26-12/h10-13,16,18H,1-9H2,(H,20,23)(H2,21,22,24)/t12?,13-,16-,18-/m0/s1. The number of carbonyl (C=O) groups excluding carboxylic acids is 2. The monoisotopic (exact) mass is 457 g/mol. The summed E-state index contributed by atoms with van der Waals surface area (Å²) in [6, 6.07) is 0.487. The van der Waals surface area contributed by atoms with E-state index in [0.717, 1.165) is 48.0 Å². The van der Waals surface area contributed by atoms with Crippen LogP contribution in [0.4, 0.5) is 4.79 Å². The van der Waals surface area contributed by atoms with Crippen LogP contribution in [0.1, 0.15) is 25.7 Å². The molecular formula is C19H27N3O4S3.